The Morgan fingerprint density at radius 2 is 2.25 bits per heavy atom. The molecule has 0 radical (unpaired) electrons. The Morgan fingerprint density at radius 3 is 2.75 bits per heavy atom. The molecule has 0 saturated carbocycles. The molecule has 1 N–H and O–H groups in total. The second kappa shape index (κ2) is 5.17. The van der Waals surface area contributed by atoms with Gasteiger partial charge in [-0.15, -0.1) is 11.3 Å². The van der Waals surface area contributed by atoms with E-state index in [-0.39, 0.29) is 6.04 Å². The fourth-order valence-electron chi connectivity index (χ4n) is 1.73. The third kappa shape index (κ3) is 2.56. The molecule has 2 nitrogen and oxygen atoms in total. The van der Waals surface area contributed by atoms with E-state index in [1.807, 2.05) is 13.1 Å². The number of halogens is 1. The number of thiophene rings is 1. The predicted molar refractivity (Wildman–Crippen MR) is 71.0 cm³/mol. The van der Waals surface area contributed by atoms with Crippen LogP contribution in [0.4, 0.5) is 0 Å². The first kappa shape index (κ1) is 11.9. The van der Waals surface area contributed by atoms with Crippen LogP contribution in [-0.2, 0) is 6.42 Å². The molecule has 0 aromatic carbocycles. The Bertz CT molecular complexity index is 463. The first-order valence-corrected chi connectivity index (χ1v) is 6.77. The van der Waals surface area contributed by atoms with Crippen molar-refractivity contribution in [3.63, 3.8) is 0 Å². The quantitative estimate of drug-likeness (QED) is 0.926. The van der Waals surface area contributed by atoms with Gasteiger partial charge >= 0.3 is 0 Å². The minimum Gasteiger partial charge on any atom is -0.467 e. The van der Waals surface area contributed by atoms with Crippen molar-refractivity contribution in [1.82, 2.24) is 5.32 Å². The number of nitrogens with one attached hydrogen (secondary N) is 1. The van der Waals surface area contributed by atoms with Crippen molar-refractivity contribution >= 4 is 27.3 Å². The van der Waals surface area contributed by atoms with E-state index in [0.29, 0.717) is 0 Å². The maximum Gasteiger partial charge on any atom is 0.123 e. The number of likely N-dealkylation sites (N-methyl/N-ethyl adjacent to an activating group) is 1. The van der Waals surface area contributed by atoms with Gasteiger partial charge in [-0.25, -0.2) is 0 Å². The van der Waals surface area contributed by atoms with Gasteiger partial charge in [0.05, 0.1) is 16.1 Å². The fraction of sp³-hybridized carbons (Fsp3) is 0.333. The van der Waals surface area contributed by atoms with E-state index in [2.05, 4.69) is 40.3 Å². The summed E-state index contributed by atoms with van der Waals surface area (Å²) in [5.41, 5.74) is 1.20. The average molecular weight is 300 g/mol. The van der Waals surface area contributed by atoms with Crippen molar-refractivity contribution in [3.05, 3.63) is 44.4 Å². The summed E-state index contributed by atoms with van der Waals surface area (Å²) in [6, 6.07) is 6.49. The predicted octanol–water partition coefficient (Wildman–Crippen LogP) is 3.92. The fourth-order valence-corrected chi connectivity index (χ4v) is 3.26. The van der Waals surface area contributed by atoms with Crippen LogP contribution in [0.5, 0.6) is 0 Å². The molecule has 0 aliphatic rings. The number of aryl methyl sites for hydroxylation is 1. The van der Waals surface area contributed by atoms with Gasteiger partial charge in [0.1, 0.15) is 5.76 Å². The normalized spacial score (nSPS) is 12.9. The van der Waals surface area contributed by atoms with E-state index >= 15 is 0 Å². The molecule has 4 heteroatoms. The lowest BCUT2D eigenvalue weighted by molar-refractivity contribution is 0.428. The highest BCUT2D eigenvalue weighted by Gasteiger charge is 2.16. The van der Waals surface area contributed by atoms with Crippen LogP contribution < -0.4 is 5.32 Å². The number of hydrogen-bond acceptors (Lipinski definition) is 3. The summed E-state index contributed by atoms with van der Waals surface area (Å²) < 4.78 is 6.70. The first-order chi connectivity index (χ1) is 7.70. The molecule has 0 amide bonds. The maximum absolute atomic E-state index is 5.53. The van der Waals surface area contributed by atoms with Gasteiger partial charge in [-0.2, -0.15) is 0 Å². The van der Waals surface area contributed by atoms with Gasteiger partial charge in [-0.1, -0.05) is 0 Å². The van der Waals surface area contributed by atoms with E-state index in [1.54, 1.807) is 17.6 Å². The smallest absolute Gasteiger partial charge is 0.123 e. The highest BCUT2D eigenvalue weighted by Crippen LogP contribution is 2.28. The highest BCUT2D eigenvalue weighted by molar-refractivity contribution is 9.11. The summed E-state index contributed by atoms with van der Waals surface area (Å²) in [7, 11) is 1.97. The summed E-state index contributed by atoms with van der Waals surface area (Å²) in [6.07, 6.45) is 2.71. The Labute approximate surface area is 108 Å². The van der Waals surface area contributed by atoms with Gasteiger partial charge in [-0.05, 0) is 53.7 Å². The topological polar surface area (TPSA) is 25.2 Å². The van der Waals surface area contributed by atoms with Gasteiger partial charge in [0.2, 0.25) is 0 Å². The lowest BCUT2D eigenvalue weighted by atomic mass is 10.1. The monoisotopic (exact) mass is 299 g/mol. The van der Waals surface area contributed by atoms with Gasteiger partial charge in [-0.3, -0.25) is 0 Å². The summed E-state index contributed by atoms with van der Waals surface area (Å²) >= 11 is 5.25. The largest absolute Gasteiger partial charge is 0.467 e. The summed E-state index contributed by atoms with van der Waals surface area (Å²) in [6.45, 7) is 2.08. The molecule has 0 fully saturated rings. The van der Waals surface area contributed by atoms with Crippen molar-refractivity contribution in [1.29, 1.82) is 0 Å². The van der Waals surface area contributed by atoms with Gasteiger partial charge in [0, 0.05) is 11.3 Å². The number of hydrogen-bond donors (Lipinski definition) is 1. The van der Waals surface area contributed by atoms with Crippen LogP contribution in [0.25, 0.3) is 0 Å². The van der Waals surface area contributed by atoms with E-state index in [1.165, 1.54) is 14.2 Å². The zero-order valence-electron chi connectivity index (χ0n) is 9.29. The maximum atomic E-state index is 5.53. The number of rotatable bonds is 4. The van der Waals surface area contributed by atoms with Crippen molar-refractivity contribution in [2.75, 3.05) is 7.05 Å². The molecule has 16 heavy (non-hydrogen) atoms. The molecule has 0 saturated heterocycles. The highest BCUT2D eigenvalue weighted by atomic mass is 79.9. The van der Waals surface area contributed by atoms with Gasteiger partial charge in [0.25, 0.3) is 0 Å². The lowest BCUT2D eigenvalue weighted by Gasteiger charge is -2.13. The first-order valence-electron chi connectivity index (χ1n) is 5.16. The van der Waals surface area contributed by atoms with E-state index in [9.17, 15) is 0 Å². The molecule has 0 bridgehead atoms. The molecular weight excluding hydrogens is 286 g/mol. The van der Waals surface area contributed by atoms with Crippen LogP contribution in [0.15, 0.2) is 32.7 Å². The van der Waals surface area contributed by atoms with Crippen LogP contribution in [0.1, 0.15) is 22.2 Å². The van der Waals surface area contributed by atoms with Crippen LogP contribution in [0.3, 0.4) is 0 Å². The number of furan rings is 1. The van der Waals surface area contributed by atoms with Crippen LogP contribution in [-0.4, -0.2) is 7.05 Å². The average Bonchev–Trinajstić information content (AvgIpc) is 2.84. The molecule has 2 rings (SSSR count). The molecular formula is C12H14BrNOS. The molecule has 0 spiro atoms. The second-order valence-electron chi connectivity index (χ2n) is 3.72. The summed E-state index contributed by atoms with van der Waals surface area (Å²) in [5, 5.41) is 3.30. The van der Waals surface area contributed by atoms with Crippen molar-refractivity contribution in [2.24, 2.45) is 0 Å². The van der Waals surface area contributed by atoms with Gasteiger partial charge in [0.15, 0.2) is 0 Å². The molecule has 0 aliphatic carbocycles. The Morgan fingerprint density at radius 1 is 1.44 bits per heavy atom. The van der Waals surface area contributed by atoms with Crippen LogP contribution in [0.2, 0.25) is 0 Å². The Balaban J connectivity index is 2.15. The summed E-state index contributed by atoms with van der Waals surface area (Å²) in [5.74, 6) is 1.03. The molecule has 86 valence electrons. The molecule has 1 atom stereocenters. The second-order valence-corrected chi connectivity index (χ2v) is 6.27. The lowest BCUT2D eigenvalue weighted by Crippen LogP contribution is -2.18. The zero-order chi connectivity index (χ0) is 11.5. The van der Waals surface area contributed by atoms with E-state index in [4.69, 9.17) is 4.42 Å². The molecule has 2 aromatic rings. The third-order valence-electron chi connectivity index (χ3n) is 2.60. The SMILES string of the molecule is CNC(Cc1ccc(Br)s1)c1occc1C. The van der Waals surface area contributed by atoms with Crippen molar-refractivity contribution in [2.45, 2.75) is 19.4 Å². The van der Waals surface area contributed by atoms with Gasteiger partial charge < -0.3 is 9.73 Å². The van der Waals surface area contributed by atoms with Crippen LogP contribution in [0, 0.1) is 6.92 Å². The Hall–Kier alpha value is -0.580. The van der Waals surface area contributed by atoms with Crippen molar-refractivity contribution in [3.8, 4) is 0 Å². The van der Waals surface area contributed by atoms with Crippen LogP contribution >= 0.6 is 27.3 Å². The zero-order valence-corrected chi connectivity index (χ0v) is 11.7. The van der Waals surface area contributed by atoms with E-state index in [0.717, 1.165) is 12.2 Å². The Kier molecular flexibility index (Phi) is 3.84. The molecule has 2 heterocycles. The van der Waals surface area contributed by atoms with Crippen molar-refractivity contribution < 1.29 is 4.42 Å². The van der Waals surface area contributed by atoms with E-state index < -0.39 is 0 Å². The third-order valence-corrected chi connectivity index (χ3v) is 4.25. The minimum atomic E-state index is 0.251. The molecule has 1 unspecified atom stereocenters. The standard InChI is InChI=1S/C12H14BrNOS/c1-8-5-6-15-12(8)10(14-2)7-9-3-4-11(13)16-9/h3-6,10,14H,7H2,1-2H3. The minimum absolute atomic E-state index is 0.251. The summed E-state index contributed by atoms with van der Waals surface area (Å²) in [4.78, 5) is 1.35. The molecule has 2 aromatic heterocycles. The molecule has 0 aliphatic heterocycles.